The van der Waals surface area contributed by atoms with Gasteiger partial charge in [0.2, 0.25) is 5.91 Å². The van der Waals surface area contributed by atoms with E-state index in [9.17, 15) is 4.79 Å². The van der Waals surface area contributed by atoms with E-state index in [1.807, 2.05) is 0 Å². The Bertz CT molecular complexity index is 165. The molecule has 0 aromatic rings. The molecule has 2 heteroatoms. The van der Waals surface area contributed by atoms with Gasteiger partial charge in [-0.25, -0.2) is 0 Å². The van der Waals surface area contributed by atoms with E-state index in [0.29, 0.717) is 18.9 Å². The molecule has 0 spiro atoms. The predicted octanol–water partition coefficient (Wildman–Crippen LogP) is 0.536. The third-order valence-electron chi connectivity index (χ3n) is 1.52. The van der Waals surface area contributed by atoms with Gasteiger partial charge in [-0.2, -0.15) is 0 Å². The molecule has 2 nitrogen and oxygen atoms in total. The Labute approximate surface area is 61.0 Å². The molecule has 0 atom stereocenters. The van der Waals surface area contributed by atoms with E-state index >= 15 is 0 Å². The summed E-state index contributed by atoms with van der Waals surface area (Å²) in [4.78, 5) is 10.9. The fourth-order valence-electron chi connectivity index (χ4n) is 0.748. The molecule has 0 heterocycles. The molecule has 0 aromatic carbocycles. The lowest BCUT2D eigenvalue weighted by Gasteiger charge is -1.98. The number of carbonyl (C=O) groups excluding carboxylic acids is 1. The lowest BCUT2D eigenvalue weighted by molar-refractivity contribution is -0.122. The van der Waals surface area contributed by atoms with E-state index in [2.05, 4.69) is 11.2 Å². The van der Waals surface area contributed by atoms with Crippen molar-refractivity contribution in [3.8, 4) is 12.3 Å². The van der Waals surface area contributed by atoms with Crippen molar-refractivity contribution in [3.63, 3.8) is 0 Å². The van der Waals surface area contributed by atoms with Crippen molar-refractivity contribution in [3.05, 3.63) is 0 Å². The van der Waals surface area contributed by atoms with E-state index in [1.165, 1.54) is 0 Å². The Morgan fingerprint density at radius 3 is 2.90 bits per heavy atom. The van der Waals surface area contributed by atoms with E-state index in [1.54, 1.807) is 0 Å². The third kappa shape index (κ3) is 2.10. The zero-order valence-corrected chi connectivity index (χ0v) is 5.89. The highest BCUT2D eigenvalue weighted by molar-refractivity contribution is 5.80. The maximum atomic E-state index is 10.9. The maximum Gasteiger partial charge on any atom is 0.223 e. The first-order valence-corrected chi connectivity index (χ1v) is 3.56. The summed E-state index contributed by atoms with van der Waals surface area (Å²) in [6.07, 6.45) is 7.76. The molecule has 0 aliphatic heterocycles. The average Bonchev–Trinajstić information content (AvgIpc) is 2.69. The molecular weight excluding hydrogens is 126 g/mol. The molecule has 1 aliphatic carbocycles. The first-order valence-electron chi connectivity index (χ1n) is 3.56. The van der Waals surface area contributed by atoms with Crippen LogP contribution in [0.15, 0.2) is 0 Å². The third-order valence-corrected chi connectivity index (χ3v) is 1.52. The molecule has 10 heavy (non-hydrogen) atoms. The highest BCUT2D eigenvalue weighted by Gasteiger charge is 2.28. The molecule has 1 N–H and O–H groups in total. The van der Waals surface area contributed by atoms with Crippen LogP contribution in [0.4, 0.5) is 0 Å². The second kappa shape index (κ2) is 3.26. The van der Waals surface area contributed by atoms with Crippen LogP contribution in [0.2, 0.25) is 0 Å². The van der Waals surface area contributed by atoms with Crippen molar-refractivity contribution in [1.29, 1.82) is 0 Å². The van der Waals surface area contributed by atoms with Crippen molar-refractivity contribution >= 4 is 5.91 Å². The largest absolute Gasteiger partial charge is 0.355 e. The fraction of sp³-hybridized carbons (Fsp3) is 0.625. The number of hydrogen-bond acceptors (Lipinski definition) is 1. The predicted molar refractivity (Wildman–Crippen MR) is 39.2 cm³/mol. The minimum absolute atomic E-state index is 0.176. The highest BCUT2D eigenvalue weighted by atomic mass is 16.2. The van der Waals surface area contributed by atoms with Crippen LogP contribution in [0.1, 0.15) is 19.3 Å². The number of amides is 1. The second-order valence-electron chi connectivity index (χ2n) is 2.52. The normalized spacial score (nSPS) is 15.9. The first kappa shape index (κ1) is 7.14. The van der Waals surface area contributed by atoms with Crippen LogP contribution in [-0.4, -0.2) is 12.5 Å². The second-order valence-corrected chi connectivity index (χ2v) is 2.52. The molecule has 0 saturated heterocycles. The fourth-order valence-corrected chi connectivity index (χ4v) is 0.748. The van der Waals surface area contributed by atoms with Gasteiger partial charge in [0.25, 0.3) is 0 Å². The lowest BCUT2D eigenvalue weighted by atomic mass is 10.3. The van der Waals surface area contributed by atoms with Gasteiger partial charge in [0.1, 0.15) is 0 Å². The van der Waals surface area contributed by atoms with E-state index in [0.717, 1.165) is 12.8 Å². The Kier molecular flexibility index (Phi) is 2.33. The summed E-state index contributed by atoms with van der Waals surface area (Å²) < 4.78 is 0. The summed E-state index contributed by atoms with van der Waals surface area (Å²) in [5.74, 6) is 2.95. The zero-order chi connectivity index (χ0) is 7.40. The standard InChI is InChI=1S/C8H11NO/c1-2-3-6-9-8(10)7-4-5-7/h1,7H,3-6H2,(H,9,10). The summed E-state index contributed by atoms with van der Waals surface area (Å²) in [7, 11) is 0. The zero-order valence-electron chi connectivity index (χ0n) is 5.89. The highest BCUT2D eigenvalue weighted by Crippen LogP contribution is 2.28. The Morgan fingerprint density at radius 1 is 1.70 bits per heavy atom. The minimum atomic E-state index is 0.176. The van der Waals surface area contributed by atoms with Crippen LogP contribution in [0, 0.1) is 18.3 Å². The molecule has 54 valence electrons. The van der Waals surface area contributed by atoms with Crippen LogP contribution in [0.25, 0.3) is 0 Å². The summed E-state index contributed by atoms with van der Waals surface area (Å²) in [6, 6.07) is 0. The van der Waals surface area contributed by atoms with Gasteiger partial charge in [-0.1, -0.05) is 0 Å². The monoisotopic (exact) mass is 137 g/mol. The van der Waals surface area contributed by atoms with Gasteiger partial charge in [0.05, 0.1) is 0 Å². The van der Waals surface area contributed by atoms with Crippen LogP contribution < -0.4 is 5.32 Å². The average molecular weight is 137 g/mol. The van der Waals surface area contributed by atoms with Gasteiger partial charge in [0.15, 0.2) is 0 Å². The van der Waals surface area contributed by atoms with Gasteiger partial charge >= 0.3 is 0 Å². The molecular formula is C8H11NO. The van der Waals surface area contributed by atoms with Crippen molar-refractivity contribution in [2.24, 2.45) is 5.92 Å². The van der Waals surface area contributed by atoms with Crippen molar-refractivity contribution < 1.29 is 4.79 Å². The van der Waals surface area contributed by atoms with Gasteiger partial charge < -0.3 is 5.32 Å². The Balaban J connectivity index is 2.02. The maximum absolute atomic E-state index is 10.9. The minimum Gasteiger partial charge on any atom is -0.355 e. The quantitative estimate of drug-likeness (QED) is 0.446. The van der Waals surface area contributed by atoms with E-state index in [4.69, 9.17) is 6.42 Å². The molecule has 1 rings (SSSR count). The van der Waals surface area contributed by atoms with Crippen molar-refractivity contribution in [2.75, 3.05) is 6.54 Å². The first-order chi connectivity index (χ1) is 4.84. The number of nitrogens with one attached hydrogen (secondary N) is 1. The van der Waals surface area contributed by atoms with Crippen molar-refractivity contribution in [1.82, 2.24) is 5.32 Å². The SMILES string of the molecule is C#CCCNC(=O)C1CC1. The molecule has 0 bridgehead atoms. The van der Waals surface area contributed by atoms with E-state index in [-0.39, 0.29) is 5.91 Å². The molecule has 1 fully saturated rings. The molecule has 0 aromatic heterocycles. The number of terminal acetylenes is 1. The van der Waals surface area contributed by atoms with Crippen LogP contribution in [0.3, 0.4) is 0 Å². The van der Waals surface area contributed by atoms with E-state index < -0.39 is 0 Å². The lowest BCUT2D eigenvalue weighted by Crippen LogP contribution is -2.25. The summed E-state index contributed by atoms with van der Waals surface area (Å²) >= 11 is 0. The van der Waals surface area contributed by atoms with Crippen molar-refractivity contribution in [2.45, 2.75) is 19.3 Å². The molecule has 1 saturated carbocycles. The van der Waals surface area contributed by atoms with Gasteiger partial charge in [-0.3, -0.25) is 4.79 Å². The van der Waals surface area contributed by atoms with Gasteiger partial charge in [-0.05, 0) is 12.8 Å². The molecule has 1 amide bonds. The Morgan fingerprint density at radius 2 is 2.40 bits per heavy atom. The molecule has 0 unspecified atom stereocenters. The smallest absolute Gasteiger partial charge is 0.223 e. The number of rotatable bonds is 3. The van der Waals surface area contributed by atoms with Gasteiger partial charge in [-0.15, -0.1) is 12.3 Å². The topological polar surface area (TPSA) is 29.1 Å². The van der Waals surface area contributed by atoms with Gasteiger partial charge in [0, 0.05) is 18.9 Å². The summed E-state index contributed by atoms with van der Waals surface area (Å²) in [5, 5.41) is 2.76. The van der Waals surface area contributed by atoms with Crippen LogP contribution in [0.5, 0.6) is 0 Å². The van der Waals surface area contributed by atoms with Crippen LogP contribution >= 0.6 is 0 Å². The number of carbonyl (C=O) groups is 1. The summed E-state index contributed by atoms with van der Waals surface area (Å²) in [6.45, 7) is 0.631. The molecule has 0 radical (unpaired) electrons. The summed E-state index contributed by atoms with van der Waals surface area (Å²) in [5.41, 5.74) is 0. The Hall–Kier alpha value is -0.970. The van der Waals surface area contributed by atoms with Crippen LogP contribution in [-0.2, 0) is 4.79 Å². The molecule has 1 aliphatic rings. The number of hydrogen-bond donors (Lipinski definition) is 1.